The van der Waals surface area contributed by atoms with Gasteiger partial charge in [0, 0.05) is 12.6 Å². The van der Waals surface area contributed by atoms with Gasteiger partial charge in [-0.1, -0.05) is 0 Å². The van der Waals surface area contributed by atoms with E-state index in [-0.39, 0.29) is 22.2 Å². The van der Waals surface area contributed by atoms with E-state index < -0.39 is 16.0 Å². The predicted molar refractivity (Wildman–Crippen MR) is 88.5 cm³/mol. The Hall–Kier alpha value is -0.670. The van der Waals surface area contributed by atoms with Gasteiger partial charge in [0.25, 0.3) is 0 Å². The van der Waals surface area contributed by atoms with Gasteiger partial charge in [-0.3, -0.25) is 0 Å². The van der Waals surface area contributed by atoms with Gasteiger partial charge in [-0.05, 0) is 43.7 Å². The third-order valence-electron chi connectivity index (χ3n) is 3.50. The van der Waals surface area contributed by atoms with E-state index in [1.807, 2.05) is 0 Å². The lowest BCUT2D eigenvalue weighted by molar-refractivity contribution is 0.0602. The summed E-state index contributed by atoms with van der Waals surface area (Å²) in [5.41, 5.74) is 0.562. The van der Waals surface area contributed by atoms with Crippen LogP contribution in [0.5, 0.6) is 0 Å². The number of carbonyl (C=O) groups is 1. The number of thiophene rings is 1. The maximum Gasteiger partial charge on any atom is 0.349 e. The van der Waals surface area contributed by atoms with Crippen molar-refractivity contribution >= 4 is 39.7 Å². The second-order valence-electron chi connectivity index (χ2n) is 5.05. The van der Waals surface area contributed by atoms with Crippen molar-refractivity contribution in [2.45, 2.75) is 37.1 Å². The number of esters is 1. The molecule has 1 fully saturated rings. The van der Waals surface area contributed by atoms with Gasteiger partial charge in [-0.15, -0.1) is 23.7 Å². The lowest BCUT2D eigenvalue weighted by Crippen LogP contribution is -2.31. The fourth-order valence-corrected chi connectivity index (χ4v) is 5.19. The smallest absolute Gasteiger partial charge is 0.349 e. The molecule has 1 saturated heterocycles. The maximum absolute atomic E-state index is 12.4. The Bertz CT molecular complexity index is 610. The number of aryl methyl sites for hydroxylation is 1. The highest BCUT2D eigenvalue weighted by atomic mass is 35.5. The molecule has 0 unspecified atom stereocenters. The van der Waals surface area contributed by atoms with E-state index in [1.54, 1.807) is 12.3 Å². The van der Waals surface area contributed by atoms with Crippen LogP contribution in [0, 0.1) is 6.92 Å². The van der Waals surface area contributed by atoms with E-state index in [0.29, 0.717) is 18.2 Å². The molecule has 1 aliphatic rings. The third kappa shape index (κ3) is 4.42. The summed E-state index contributed by atoms with van der Waals surface area (Å²) >= 11 is 1.09. The number of ether oxygens (including phenoxy) is 1. The van der Waals surface area contributed by atoms with E-state index >= 15 is 0 Å². The van der Waals surface area contributed by atoms with E-state index in [9.17, 15) is 13.2 Å². The lowest BCUT2D eigenvalue weighted by atomic mass is 10.2. The SMILES string of the molecule is COC(=O)c1scc(C)c1S(=O)(=O)NCC[C@H]1CCCN1.Cl. The summed E-state index contributed by atoms with van der Waals surface area (Å²) in [5.74, 6) is -0.620. The van der Waals surface area contributed by atoms with Crippen molar-refractivity contribution in [3.05, 3.63) is 15.8 Å². The van der Waals surface area contributed by atoms with E-state index in [2.05, 4.69) is 14.8 Å². The van der Waals surface area contributed by atoms with Crippen molar-refractivity contribution in [3.63, 3.8) is 0 Å². The van der Waals surface area contributed by atoms with Crippen LogP contribution in [0.3, 0.4) is 0 Å². The fourth-order valence-electron chi connectivity index (χ4n) is 2.44. The number of halogens is 1. The van der Waals surface area contributed by atoms with Gasteiger partial charge in [0.15, 0.2) is 0 Å². The van der Waals surface area contributed by atoms with Crippen LogP contribution in [0.2, 0.25) is 0 Å². The van der Waals surface area contributed by atoms with Gasteiger partial charge < -0.3 is 10.1 Å². The number of methoxy groups -OCH3 is 1. The minimum Gasteiger partial charge on any atom is -0.465 e. The maximum atomic E-state index is 12.4. The van der Waals surface area contributed by atoms with E-state index in [0.717, 1.165) is 37.1 Å². The molecule has 126 valence electrons. The zero-order chi connectivity index (χ0) is 15.5. The molecule has 0 aliphatic carbocycles. The lowest BCUT2D eigenvalue weighted by Gasteiger charge is -2.12. The Labute approximate surface area is 141 Å². The van der Waals surface area contributed by atoms with Crippen LogP contribution in [0.1, 0.15) is 34.5 Å². The van der Waals surface area contributed by atoms with Crippen molar-refractivity contribution in [1.29, 1.82) is 0 Å². The average Bonchev–Trinajstić information content (AvgIpc) is 3.07. The first-order valence-electron chi connectivity index (χ1n) is 6.85. The van der Waals surface area contributed by atoms with E-state index in [1.165, 1.54) is 7.11 Å². The monoisotopic (exact) mass is 368 g/mol. The molecule has 22 heavy (non-hydrogen) atoms. The van der Waals surface area contributed by atoms with Crippen molar-refractivity contribution in [2.75, 3.05) is 20.2 Å². The summed E-state index contributed by atoms with van der Waals surface area (Å²) in [6.07, 6.45) is 2.95. The van der Waals surface area contributed by atoms with Crippen LogP contribution >= 0.6 is 23.7 Å². The van der Waals surface area contributed by atoms with Crippen LogP contribution in [0.4, 0.5) is 0 Å². The van der Waals surface area contributed by atoms with Gasteiger partial charge in [-0.2, -0.15) is 0 Å². The molecule has 0 amide bonds. The van der Waals surface area contributed by atoms with Crippen molar-refractivity contribution in [1.82, 2.24) is 10.0 Å². The molecule has 0 radical (unpaired) electrons. The highest BCUT2D eigenvalue weighted by Gasteiger charge is 2.27. The predicted octanol–water partition coefficient (Wildman–Crippen LogP) is 1.69. The summed E-state index contributed by atoms with van der Waals surface area (Å²) in [6, 6.07) is 0.372. The van der Waals surface area contributed by atoms with Crippen molar-refractivity contribution in [2.24, 2.45) is 0 Å². The highest BCUT2D eigenvalue weighted by molar-refractivity contribution is 7.89. The number of carbonyl (C=O) groups excluding carboxylic acids is 1. The summed E-state index contributed by atoms with van der Waals surface area (Å²) < 4.78 is 32.0. The van der Waals surface area contributed by atoms with Crippen molar-refractivity contribution in [3.8, 4) is 0 Å². The van der Waals surface area contributed by atoms with Crippen LogP contribution in [-0.4, -0.2) is 40.6 Å². The number of hydrogen-bond donors (Lipinski definition) is 2. The normalized spacial score (nSPS) is 18.0. The number of rotatable bonds is 6. The number of hydrogen-bond acceptors (Lipinski definition) is 6. The Balaban J connectivity index is 0.00000242. The minimum atomic E-state index is -3.69. The van der Waals surface area contributed by atoms with Gasteiger partial charge in [0.05, 0.1) is 7.11 Å². The molecule has 0 bridgehead atoms. The first kappa shape index (κ1) is 19.4. The molecule has 2 N–H and O–H groups in total. The molecular weight excluding hydrogens is 348 g/mol. The zero-order valence-electron chi connectivity index (χ0n) is 12.5. The number of sulfonamides is 1. The first-order chi connectivity index (χ1) is 9.95. The molecule has 6 nitrogen and oxygen atoms in total. The Morgan fingerprint density at radius 2 is 2.27 bits per heavy atom. The standard InChI is InChI=1S/C13H20N2O4S2.ClH/c1-9-8-20-11(13(16)19-2)12(9)21(17,18)15-7-5-10-4-3-6-14-10;/h8,10,14-15H,3-7H2,1-2H3;1H/t10-;/m1./s1. The van der Waals surface area contributed by atoms with Crippen LogP contribution in [0.15, 0.2) is 10.3 Å². The molecule has 0 saturated carbocycles. The Morgan fingerprint density at radius 3 is 2.86 bits per heavy atom. The second-order valence-corrected chi connectivity index (χ2v) is 7.63. The quantitative estimate of drug-likeness (QED) is 0.746. The topological polar surface area (TPSA) is 84.5 Å². The average molecular weight is 369 g/mol. The van der Waals surface area contributed by atoms with E-state index in [4.69, 9.17) is 0 Å². The van der Waals surface area contributed by atoms with Crippen molar-refractivity contribution < 1.29 is 17.9 Å². The molecule has 0 aromatic carbocycles. The third-order valence-corrected chi connectivity index (χ3v) is 6.36. The minimum absolute atomic E-state index is 0. The van der Waals surface area contributed by atoms with Crippen LogP contribution < -0.4 is 10.0 Å². The summed E-state index contributed by atoms with van der Waals surface area (Å²) in [7, 11) is -2.45. The van der Waals surface area contributed by atoms with Gasteiger partial charge in [-0.25, -0.2) is 17.9 Å². The molecular formula is C13H21ClN2O4S2. The van der Waals surface area contributed by atoms with Gasteiger partial charge in [0.2, 0.25) is 10.0 Å². The van der Waals surface area contributed by atoms with Crippen LogP contribution in [-0.2, 0) is 14.8 Å². The summed E-state index contributed by atoms with van der Waals surface area (Å²) in [4.78, 5) is 11.8. The Kier molecular flexibility index (Phi) is 7.27. The number of nitrogens with one attached hydrogen (secondary N) is 2. The molecule has 2 rings (SSSR count). The van der Waals surface area contributed by atoms with Gasteiger partial charge >= 0.3 is 5.97 Å². The zero-order valence-corrected chi connectivity index (χ0v) is 15.0. The second kappa shape index (κ2) is 8.26. The molecule has 1 aromatic rings. The Morgan fingerprint density at radius 1 is 1.55 bits per heavy atom. The molecule has 9 heteroatoms. The van der Waals surface area contributed by atoms with Crippen LogP contribution in [0.25, 0.3) is 0 Å². The fraction of sp³-hybridized carbons (Fsp3) is 0.615. The first-order valence-corrected chi connectivity index (χ1v) is 9.21. The van der Waals surface area contributed by atoms with Gasteiger partial charge in [0.1, 0.15) is 9.77 Å². The largest absolute Gasteiger partial charge is 0.465 e. The molecule has 1 atom stereocenters. The molecule has 2 heterocycles. The molecule has 1 aliphatic heterocycles. The highest BCUT2D eigenvalue weighted by Crippen LogP contribution is 2.27. The molecule has 0 spiro atoms. The summed E-state index contributed by atoms with van der Waals surface area (Å²) in [5, 5.41) is 4.97. The summed E-state index contributed by atoms with van der Waals surface area (Å²) in [6.45, 7) is 3.03. The molecule has 1 aromatic heterocycles.